The van der Waals surface area contributed by atoms with Crippen LogP contribution in [0.25, 0.3) is 0 Å². The largest absolute Gasteiger partial charge is 0.478 e. The number of aliphatic hydroxyl groups excluding tert-OH is 2. The molecule has 4 aliphatic rings. The lowest BCUT2D eigenvalue weighted by Crippen LogP contribution is -2.61. The minimum Gasteiger partial charge on any atom is -0.478 e. The maximum atomic E-state index is 12.4. The lowest BCUT2D eigenvalue weighted by Gasteiger charge is -2.59. The summed E-state index contributed by atoms with van der Waals surface area (Å²) in [6.07, 6.45) is 8.80. The van der Waals surface area contributed by atoms with E-state index in [-0.39, 0.29) is 29.0 Å². The van der Waals surface area contributed by atoms with Gasteiger partial charge < -0.3 is 25.5 Å². The number of aliphatic hydroxyl groups is 3. The van der Waals surface area contributed by atoms with Crippen molar-refractivity contribution in [3.05, 3.63) is 36.0 Å². The molecule has 0 bridgehead atoms. The molecule has 0 spiro atoms. The molecule has 0 aliphatic heterocycles. The molecule has 0 aromatic rings. The number of carbonyl (C=O) groups is 4. The fraction of sp³-hybridized carbons (Fsp3) is 0.600. The van der Waals surface area contributed by atoms with Crippen LogP contribution in [0.4, 0.5) is 0 Å². The van der Waals surface area contributed by atoms with E-state index in [1.54, 1.807) is 12.2 Å². The number of allylic oxidation sites excluding steroid dienone is 4. The number of rotatable bonds is 4. The molecule has 3 fully saturated rings. The van der Waals surface area contributed by atoms with E-state index in [1.165, 1.54) is 0 Å². The Balaban J connectivity index is 0.000000350. The van der Waals surface area contributed by atoms with Crippen LogP contribution in [-0.2, 0) is 19.2 Å². The summed E-state index contributed by atoms with van der Waals surface area (Å²) in [6, 6.07) is 0. The molecule has 3 saturated carbocycles. The molecular formula is C25H32O9. The normalized spacial score (nSPS) is 40.4. The molecule has 0 saturated heterocycles. The Labute approximate surface area is 197 Å². The molecule has 0 unspecified atom stereocenters. The first kappa shape index (κ1) is 26.0. The van der Waals surface area contributed by atoms with Gasteiger partial charge in [-0.1, -0.05) is 25.5 Å². The Morgan fingerprint density at radius 3 is 2.29 bits per heavy atom. The Hall–Kier alpha value is -2.62. The highest BCUT2D eigenvalue weighted by Crippen LogP contribution is 2.67. The van der Waals surface area contributed by atoms with Gasteiger partial charge in [-0.25, -0.2) is 9.59 Å². The molecule has 4 rings (SSSR count). The smallest absolute Gasteiger partial charge is 0.328 e. The standard InChI is InChI=1S/C21H28O5.C4H4O4/c1-19-7-5-13(23)9-12(19)3-4-14-15-6-8-21(26,17(25)11-22)20(15,2)10-16(24)18(14)19;5-3(6)1-2-4(7)8/h5,7,9,14-16,18,22,24,26H,3-4,6,8,10-11H2,1-2H3;1-2H,(H,5,6)(H,7,8)/b;2-1+/t14-,15-,16-,18+,19-,20-,21-;/m0./s1. The summed E-state index contributed by atoms with van der Waals surface area (Å²) in [7, 11) is 0. The summed E-state index contributed by atoms with van der Waals surface area (Å²) in [4.78, 5) is 43.3. The predicted molar refractivity (Wildman–Crippen MR) is 119 cm³/mol. The lowest BCUT2D eigenvalue weighted by atomic mass is 9.46. The highest BCUT2D eigenvalue weighted by atomic mass is 16.4. The minimum absolute atomic E-state index is 0.00912. The van der Waals surface area contributed by atoms with Crippen molar-refractivity contribution in [2.24, 2.45) is 28.6 Å². The molecular weight excluding hydrogens is 444 g/mol. The molecule has 0 heterocycles. The summed E-state index contributed by atoms with van der Waals surface area (Å²) >= 11 is 0. The van der Waals surface area contributed by atoms with Crippen LogP contribution < -0.4 is 0 Å². The average Bonchev–Trinajstić information content (AvgIpc) is 3.03. The zero-order chi connectivity index (χ0) is 25.5. The number of hydrogen-bond acceptors (Lipinski definition) is 7. The number of hydrogen-bond donors (Lipinski definition) is 5. The van der Waals surface area contributed by atoms with Gasteiger partial charge in [0, 0.05) is 28.9 Å². The van der Waals surface area contributed by atoms with Gasteiger partial charge in [0.05, 0.1) is 6.10 Å². The van der Waals surface area contributed by atoms with Crippen molar-refractivity contribution in [3.63, 3.8) is 0 Å². The summed E-state index contributed by atoms with van der Waals surface area (Å²) in [6.45, 7) is 3.34. The van der Waals surface area contributed by atoms with Gasteiger partial charge in [-0.15, -0.1) is 0 Å². The maximum absolute atomic E-state index is 12.4. The Morgan fingerprint density at radius 2 is 1.74 bits per heavy atom. The average molecular weight is 477 g/mol. The van der Waals surface area contributed by atoms with Gasteiger partial charge in [0.25, 0.3) is 0 Å². The molecule has 5 N–H and O–H groups in total. The highest BCUT2D eigenvalue weighted by Gasteiger charge is 2.67. The van der Waals surface area contributed by atoms with Crippen LogP contribution in [0.5, 0.6) is 0 Å². The molecule has 186 valence electrons. The molecule has 0 amide bonds. The predicted octanol–water partition coefficient (Wildman–Crippen LogP) is 1.27. The van der Waals surface area contributed by atoms with E-state index in [0.717, 1.165) is 24.8 Å². The third-order valence-electron chi connectivity index (χ3n) is 8.62. The summed E-state index contributed by atoms with van der Waals surface area (Å²) in [5, 5.41) is 47.3. The zero-order valence-electron chi connectivity index (χ0n) is 19.3. The molecule has 9 heteroatoms. The number of aliphatic carboxylic acids is 2. The van der Waals surface area contributed by atoms with E-state index in [4.69, 9.17) is 10.2 Å². The fourth-order valence-electron chi connectivity index (χ4n) is 7.06. The Bertz CT molecular complexity index is 963. The number of fused-ring (bicyclic) bond motifs is 5. The van der Waals surface area contributed by atoms with Gasteiger partial charge in [-0.05, 0) is 56.1 Å². The minimum atomic E-state index is -1.56. The van der Waals surface area contributed by atoms with E-state index in [0.29, 0.717) is 25.0 Å². The molecule has 0 aromatic heterocycles. The summed E-state index contributed by atoms with van der Waals surface area (Å²) < 4.78 is 0. The molecule has 7 atom stereocenters. The molecule has 9 nitrogen and oxygen atoms in total. The first-order chi connectivity index (χ1) is 15.8. The second-order valence-corrected chi connectivity index (χ2v) is 10.2. The monoisotopic (exact) mass is 476 g/mol. The number of carboxylic acid groups (broad SMARTS) is 2. The SMILES string of the molecule is C[C@]12C=CC(=O)C=C1CC[C@@H]1[C@@H]2[C@@H](O)C[C@@]2(C)[C@H]1CC[C@]2(O)C(=O)CO.O=C(O)/C=C/C(=O)O. The van der Waals surface area contributed by atoms with Crippen molar-refractivity contribution in [2.45, 2.75) is 57.7 Å². The van der Waals surface area contributed by atoms with Crippen LogP contribution in [0, 0.1) is 28.6 Å². The van der Waals surface area contributed by atoms with Gasteiger partial charge in [0.2, 0.25) is 0 Å². The van der Waals surface area contributed by atoms with Crippen LogP contribution in [-0.4, -0.2) is 67.3 Å². The topological polar surface area (TPSA) is 169 Å². The van der Waals surface area contributed by atoms with Crippen molar-refractivity contribution >= 4 is 23.5 Å². The van der Waals surface area contributed by atoms with Gasteiger partial charge in [-0.3, -0.25) is 9.59 Å². The first-order valence-electron chi connectivity index (χ1n) is 11.4. The van der Waals surface area contributed by atoms with Crippen molar-refractivity contribution < 1.29 is 44.7 Å². The van der Waals surface area contributed by atoms with E-state index >= 15 is 0 Å². The van der Waals surface area contributed by atoms with Gasteiger partial charge >= 0.3 is 11.9 Å². The van der Waals surface area contributed by atoms with Crippen LogP contribution >= 0.6 is 0 Å². The van der Waals surface area contributed by atoms with E-state index in [1.807, 2.05) is 13.0 Å². The number of carboxylic acids is 2. The Morgan fingerprint density at radius 1 is 1.12 bits per heavy atom. The quantitative estimate of drug-likeness (QED) is 0.375. The second-order valence-electron chi connectivity index (χ2n) is 10.2. The maximum Gasteiger partial charge on any atom is 0.328 e. The lowest BCUT2D eigenvalue weighted by molar-refractivity contribution is -0.178. The van der Waals surface area contributed by atoms with Crippen LogP contribution in [0.1, 0.15) is 46.0 Å². The van der Waals surface area contributed by atoms with Gasteiger partial charge in [0.15, 0.2) is 11.6 Å². The third-order valence-corrected chi connectivity index (χ3v) is 8.62. The van der Waals surface area contributed by atoms with Crippen molar-refractivity contribution in [1.29, 1.82) is 0 Å². The number of carbonyl (C=O) groups excluding carboxylic acids is 2. The van der Waals surface area contributed by atoms with Gasteiger partial charge in [-0.2, -0.15) is 0 Å². The number of Topliss-reactive ketones (excluding diaryl/α,β-unsaturated/α-hetero) is 1. The molecule has 0 aromatic carbocycles. The van der Waals surface area contributed by atoms with E-state index in [2.05, 4.69) is 6.92 Å². The highest BCUT2D eigenvalue weighted by molar-refractivity contribution is 6.01. The van der Waals surface area contributed by atoms with Crippen LogP contribution in [0.2, 0.25) is 0 Å². The second kappa shape index (κ2) is 9.20. The van der Waals surface area contributed by atoms with Crippen LogP contribution in [0.15, 0.2) is 36.0 Å². The van der Waals surface area contributed by atoms with E-state index in [9.17, 15) is 34.5 Å². The zero-order valence-corrected chi connectivity index (χ0v) is 19.3. The molecule has 4 aliphatic carbocycles. The Kier molecular flexibility index (Phi) is 7.04. The van der Waals surface area contributed by atoms with Crippen molar-refractivity contribution in [1.82, 2.24) is 0 Å². The molecule has 34 heavy (non-hydrogen) atoms. The summed E-state index contributed by atoms with van der Waals surface area (Å²) in [5.74, 6) is -2.74. The number of ketones is 2. The van der Waals surface area contributed by atoms with E-state index < -0.39 is 41.4 Å². The first-order valence-corrected chi connectivity index (χ1v) is 11.4. The third kappa shape index (κ3) is 4.16. The fourth-order valence-corrected chi connectivity index (χ4v) is 7.06. The van der Waals surface area contributed by atoms with Crippen molar-refractivity contribution in [2.75, 3.05) is 6.61 Å². The van der Waals surface area contributed by atoms with Gasteiger partial charge in [0.1, 0.15) is 12.2 Å². The molecule has 0 radical (unpaired) electrons. The summed E-state index contributed by atoms with van der Waals surface area (Å²) in [5.41, 5.74) is -1.54. The van der Waals surface area contributed by atoms with Crippen molar-refractivity contribution in [3.8, 4) is 0 Å². The van der Waals surface area contributed by atoms with Crippen LogP contribution in [0.3, 0.4) is 0 Å².